The average Bonchev–Trinajstić information content (AvgIpc) is 3.21. The van der Waals surface area contributed by atoms with Gasteiger partial charge in [-0.05, 0) is 36.6 Å². The largest absolute Gasteiger partial charge is 0.356 e. The third-order valence-corrected chi connectivity index (χ3v) is 6.23. The minimum Gasteiger partial charge on any atom is -0.356 e. The first-order valence-corrected chi connectivity index (χ1v) is 11.2. The van der Waals surface area contributed by atoms with Gasteiger partial charge < -0.3 is 10.2 Å². The van der Waals surface area contributed by atoms with E-state index in [4.69, 9.17) is 16.6 Å². The summed E-state index contributed by atoms with van der Waals surface area (Å²) in [5.74, 6) is 0.359. The lowest BCUT2D eigenvalue weighted by Crippen LogP contribution is -2.38. The molecule has 0 bridgehead atoms. The number of halogens is 1. The highest BCUT2D eigenvalue weighted by Crippen LogP contribution is 2.29. The van der Waals surface area contributed by atoms with Crippen molar-refractivity contribution in [1.82, 2.24) is 15.2 Å². The van der Waals surface area contributed by atoms with E-state index in [0.717, 1.165) is 42.1 Å². The Bertz CT molecular complexity index is 880. The summed E-state index contributed by atoms with van der Waals surface area (Å²) in [4.78, 5) is 30.6. The topological polar surface area (TPSA) is 62.3 Å². The fourth-order valence-corrected chi connectivity index (χ4v) is 4.52. The van der Waals surface area contributed by atoms with Crippen LogP contribution in [0.4, 0.5) is 0 Å². The number of aromatic nitrogens is 1. The Morgan fingerprint density at radius 3 is 3.07 bits per heavy atom. The molecule has 1 aromatic heterocycles. The first-order chi connectivity index (χ1) is 14.0. The molecule has 154 valence electrons. The van der Waals surface area contributed by atoms with E-state index in [1.807, 2.05) is 42.2 Å². The fourth-order valence-electron chi connectivity index (χ4n) is 3.34. The quantitative estimate of drug-likeness (QED) is 0.665. The van der Waals surface area contributed by atoms with Gasteiger partial charge >= 0.3 is 0 Å². The van der Waals surface area contributed by atoms with Crippen molar-refractivity contribution in [2.45, 2.75) is 38.5 Å². The number of carbonyl (C=O) groups is 2. The van der Waals surface area contributed by atoms with Crippen molar-refractivity contribution >= 4 is 40.8 Å². The van der Waals surface area contributed by atoms with Crippen molar-refractivity contribution in [1.29, 1.82) is 0 Å². The molecule has 2 heterocycles. The highest BCUT2D eigenvalue weighted by atomic mass is 35.5. The number of benzene rings is 1. The zero-order valence-corrected chi connectivity index (χ0v) is 18.1. The maximum Gasteiger partial charge on any atom is 0.246 e. The van der Waals surface area contributed by atoms with Crippen LogP contribution in [-0.2, 0) is 16.0 Å². The highest BCUT2D eigenvalue weighted by Gasteiger charge is 2.25. The Kier molecular flexibility index (Phi) is 7.83. The van der Waals surface area contributed by atoms with Crippen LogP contribution in [0.15, 0.2) is 35.7 Å². The summed E-state index contributed by atoms with van der Waals surface area (Å²) in [6.07, 6.45) is 6.69. The zero-order chi connectivity index (χ0) is 20.6. The van der Waals surface area contributed by atoms with Crippen LogP contribution in [0.2, 0.25) is 5.02 Å². The molecular weight excluding hydrogens is 406 g/mol. The van der Waals surface area contributed by atoms with Crippen LogP contribution in [-0.4, -0.2) is 41.3 Å². The van der Waals surface area contributed by atoms with Crippen molar-refractivity contribution in [3.05, 3.63) is 57.0 Å². The van der Waals surface area contributed by atoms with Crippen LogP contribution in [0.3, 0.4) is 0 Å². The van der Waals surface area contributed by atoms with Gasteiger partial charge in [0.2, 0.25) is 11.8 Å². The van der Waals surface area contributed by atoms with Crippen molar-refractivity contribution in [2.24, 2.45) is 0 Å². The Hall–Kier alpha value is -2.18. The number of rotatable bonds is 7. The van der Waals surface area contributed by atoms with Gasteiger partial charge in [0.25, 0.3) is 0 Å². The lowest BCUT2D eigenvalue weighted by atomic mass is 9.98. The molecule has 1 aliphatic heterocycles. The first-order valence-electron chi connectivity index (χ1n) is 9.98. The molecule has 5 nitrogen and oxygen atoms in total. The maximum atomic E-state index is 12.6. The third-order valence-electron chi connectivity index (χ3n) is 4.94. The van der Waals surface area contributed by atoms with Gasteiger partial charge in [-0.1, -0.05) is 30.7 Å². The SMILES string of the molecule is CCC(=O)NCCc1csc(C2CCCN(C(=O)/C=C/c3cccc(Cl)c3)C2)n1. The van der Waals surface area contributed by atoms with Gasteiger partial charge in [-0.15, -0.1) is 11.3 Å². The number of thiazole rings is 1. The predicted octanol–water partition coefficient (Wildman–Crippen LogP) is 4.28. The summed E-state index contributed by atoms with van der Waals surface area (Å²) in [6.45, 7) is 3.92. The number of nitrogens with one attached hydrogen (secondary N) is 1. The van der Waals surface area contributed by atoms with Crippen molar-refractivity contribution < 1.29 is 9.59 Å². The highest BCUT2D eigenvalue weighted by molar-refractivity contribution is 7.09. The van der Waals surface area contributed by atoms with E-state index in [1.54, 1.807) is 17.4 Å². The molecule has 3 rings (SSSR count). The molecule has 0 aliphatic carbocycles. The maximum absolute atomic E-state index is 12.6. The van der Waals surface area contributed by atoms with Crippen LogP contribution in [0.25, 0.3) is 6.08 Å². The standard InChI is InChI=1S/C22H26ClN3O2S/c1-2-20(27)24-11-10-19-15-29-22(25-19)17-6-4-12-26(14-17)21(28)9-8-16-5-3-7-18(23)13-16/h3,5,7-9,13,15,17H,2,4,6,10-12,14H2,1H3,(H,24,27)/b9-8+. The molecule has 0 spiro atoms. The van der Waals surface area contributed by atoms with Crippen molar-refractivity contribution in [2.75, 3.05) is 19.6 Å². The summed E-state index contributed by atoms with van der Waals surface area (Å²) >= 11 is 7.65. The second-order valence-corrected chi connectivity index (χ2v) is 8.47. The average molecular weight is 432 g/mol. The van der Waals surface area contributed by atoms with E-state index in [-0.39, 0.29) is 17.7 Å². The van der Waals surface area contributed by atoms with Crippen LogP contribution in [0.1, 0.15) is 48.4 Å². The minimum absolute atomic E-state index is 0.0220. The molecular formula is C22H26ClN3O2S. The van der Waals surface area contributed by atoms with Crippen LogP contribution in [0, 0.1) is 0 Å². The van der Waals surface area contributed by atoms with E-state index in [1.165, 1.54) is 0 Å². The molecule has 7 heteroatoms. The van der Waals surface area contributed by atoms with E-state index in [9.17, 15) is 9.59 Å². The van der Waals surface area contributed by atoms with Crippen LogP contribution in [0.5, 0.6) is 0 Å². The van der Waals surface area contributed by atoms with E-state index < -0.39 is 0 Å². The van der Waals surface area contributed by atoms with Crippen LogP contribution < -0.4 is 5.32 Å². The van der Waals surface area contributed by atoms with Crippen molar-refractivity contribution in [3.63, 3.8) is 0 Å². The molecule has 1 N–H and O–H groups in total. The van der Waals surface area contributed by atoms with Gasteiger partial charge in [0.1, 0.15) is 0 Å². The van der Waals surface area contributed by atoms with Gasteiger partial charge in [-0.25, -0.2) is 4.98 Å². The molecule has 1 unspecified atom stereocenters. The Morgan fingerprint density at radius 2 is 2.28 bits per heavy atom. The number of hydrogen-bond donors (Lipinski definition) is 1. The van der Waals surface area contributed by atoms with Gasteiger partial charge in [0, 0.05) is 54.9 Å². The molecule has 1 atom stereocenters. The summed E-state index contributed by atoms with van der Waals surface area (Å²) in [6, 6.07) is 7.45. The predicted molar refractivity (Wildman–Crippen MR) is 118 cm³/mol. The number of carbonyl (C=O) groups excluding carboxylic acids is 2. The smallest absolute Gasteiger partial charge is 0.246 e. The normalized spacial score (nSPS) is 16.9. The Morgan fingerprint density at radius 1 is 1.41 bits per heavy atom. The molecule has 1 aliphatic rings. The fraction of sp³-hybridized carbons (Fsp3) is 0.409. The van der Waals surface area contributed by atoms with Gasteiger partial charge in [-0.2, -0.15) is 0 Å². The molecule has 1 saturated heterocycles. The first kappa shape index (κ1) is 21.5. The van der Waals surface area contributed by atoms with Crippen molar-refractivity contribution in [3.8, 4) is 0 Å². The number of likely N-dealkylation sites (tertiary alicyclic amines) is 1. The summed E-state index contributed by atoms with van der Waals surface area (Å²) in [7, 11) is 0. The minimum atomic E-state index is 0.0220. The third kappa shape index (κ3) is 6.41. The van der Waals surface area contributed by atoms with Gasteiger partial charge in [0.05, 0.1) is 10.7 Å². The Labute approximate surface area is 180 Å². The second-order valence-electron chi connectivity index (χ2n) is 7.14. The number of amides is 2. The zero-order valence-electron chi connectivity index (χ0n) is 16.6. The summed E-state index contributed by atoms with van der Waals surface area (Å²) in [5, 5.41) is 6.68. The van der Waals surface area contributed by atoms with Gasteiger partial charge in [-0.3, -0.25) is 9.59 Å². The van der Waals surface area contributed by atoms with E-state index >= 15 is 0 Å². The molecule has 1 fully saturated rings. The molecule has 0 radical (unpaired) electrons. The van der Waals surface area contributed by atoms with E-state index in [2.05, 4.69) is 10.7 Å². The van der Waals surface area contributed by atoms with Gasteiger partial charge in [0.15, 0.2) is 0 Å². The number of hydrogen-bond acceptors (Lipinski definition) is 4. The van der Waals surface area contributed by atoms with E-state index in [0.29, 0.717) is 24.5 Å². The molecule has 2 amide bonds. The monoisotopic (exact) mass is 431 g/mol. The summed E-state index contributed by atoms with van der Waals surface area (Å²) < 4.78 is 0. The Balaban J connectivity index is 1.55. The lowest BCUT2D eigenvalue weighted by Gasteiger charge is -2.31. The van der Waals surface area contributed by atoms with Crippen LogP contribution >= 0.6 is 22.9 Å². The molecule has 1 aromatic carbocycles. The molecule has 0 saturated carbocycles. The second kappa shape index (κ2) is 10.6. The number of nitrogens with zero attached hydrogens (tertiary/aromatic N) is 2. The molecule has 29 heavy (non-hydrogen) atoms. The lowest BCUT2D eigenvalue weighted by molar-refractivity contribution is -0.127. The molecule has 2 aromatic rings. The number of piperidine rings is 1. The summed E-state index contributed by atoms with van der Waals surface area (Å²) in [5.41, 5.74) is 1.92.